The molecule has 6 nitrogen and oxygen atoms in total. The van der Waals surface area contributed by atoms with Crippen molar-refractivity contribution in [1.29, 1.82) is 0 Å². The van der Waals surface area contributed by atoms with Crippen LogP contribution in [0.1, 0.15) is 30.9 Å². The van der Waals surface area contributed by atoms with Gasteiger partial charge >= 0.3 is 0 Å². The van der Waals surface area contributed by atoms with Crippen LogP contribution in [0.15, 0.2) is 65.7 Å². The van der Waals surface area contributed by atoms with Crippen molar-refractivity contribution in [3.8, 4) is 0 Å². The molecule has 3 N–H and O–H groups in total. The number of hydrogen-bond acceptors (Lipinski definition) is 3. The number of likely N-dealkylation sites (tertiary alicyclic amines) is 1. The summed E-state index contributed by atoms with van der Waals surface area (Å²) in [7, 11) is 1.77. The molecule has 1 heterocycles. The molecular weight excluding hydrogens is 374 g/mol. The van der Waals surface area contributed by atoms with Gasteiger partial charge in [-0.2, -0.15) is 0 Å². The van der Waals surface area contributed by atoms with Crippen molar-refractivity contribution in [3.05, 3.63) is 71.8 Å². The van der Waals surface area contributed by atoms with Crippen molar-refractivity contribution in [2.45, 2.75) is 44.9 Å². The molecule has 2 aromatic carbocycles. The van der Waals surface area contributed by atoms with Crippen LogP contribution in [0.3, 0.4) is 0 Å². The number of benzene rings is 2. The summed E-state index contributed by atoms with van der Waals surface area (Å²) < 4.78 is 0. The third-order valence-corrected chi connectivity index (χ3v) is 5.47. The number of amides is 1. The fourth-order valence-electron chi connectivity index (χ4n) is 3.81. The number of rotatable bonds is 8. The molecule has 0 saturated carbocycles. The van der Waals surface area contributed by atoms with E-state index in [1.807, 2.05) is 30.3 Å². The Morgan fingerprint density at radius 1 is 1.03 bits per heavy atom. The Morgan fingerprint density at radius 2 is 1.70 bits per heavy atom. The number of aliphatic imine (C=N–C) groups is 1. The zero-order valence-electron chi connectivity index (χ0n) is 18.0. The Balaban J connectivity index is 1.36. The van der Waals surface area contributed by atoms with E-state index in [2.05, 4.69) is 63.1 Å². The van der Waals surface area contributed by atoms with Gasteiger partial charge < -0.3 is 16.0 Å². The molecule has 2 aromatic rings. The van der Waals surface area contributed by atoms with Gasteiger partial charge in [0.05, 0.1) is 0 Å². The maximum atomic E-state index is 12.1. The van der Waals surface area contributed by atoms with Crippen molar-refractivity contribution in [1.82, 2.24) is 20.9 Å². The van der Waals surface area contributed by atoms with Crippen LogP contribution in [0.2, 0.25) is 0 Å². The molecule has 0 radical (unpaired) electrons. The van der Waals surface area contributed by atoms with Crippen molar-refractivity contribution >= 4 is 11.9 Å². The number of carbonyl (C=O) groups is 1. The largest absolute Gasteiger partial charge is 0.356 e. The van der Waals surface area contributed by atoms with Crippen LogP contribution >= 0.6 is 0 Å². The molecule has 0 spiro atoms. The highest BCUT2D eigenvalue weighted by atomic mass is 16.1. The molecule has 2 unspecified atom stereocenters. The maximum Gasteiger partial charge on any atom is 0.222 e. The zero-order chi connectivity index (χ0) is 21.2. The van der Waals surface area contributed by atoms with Gasteiger partial charge in [-0.3, -0.25) is 14.7 Å². The maximum absolute atomic E-state index is 12.1. The lowest BCUT2D eigenvalue weighted by Crippen LogP contribution is -2.45. The molecule has 3 rings (SSSR count). The first-order valence-corrected chi connectivity index (χ1v) is 10.7. The van der Waals surface area contributed by atoms with Gasteiger partial charge in [-0.15, -0.1) is 0 Å². The summed E-state index contributed by atoms with van der Waals surface area (Å²) in [5, 5.41) is 9.73. The number of carbonyl (C=O) groups excluding carboxylic acids is 1. The minimum atomic E-state index is 0.0327. The lowest BCUT2D eigenvalue weighted by atomic mass is 10.2. The highest BCUT2D eigenvalue weighted by Crippen LogP contribution is 2.20. The molecule has 30 heavy (non-hydrogen) atoms. The van der Waals surface area contributed by atoms with Crippen molar-refractivity contribution in [2.75, 3.05) is 20.1 Å². The molecule has 0 aliphatic carbocycles. The Kier molecular flexibility index (Phi) is 8.27. The molecule has 1 amide bonds. The Hall–Kier alpha value is -2.86. The Labute approximate surface area is 179 Å². The zero-order valence-corrected chi connectivity index (χ0v) is 18.0. The third-order valence-electron chi connectivity index (χ3n) is 5.47. The van der Waals surface area contributed by atoms with Crippen LogP contribution < -0.4 is 16.0 Å². The van der Waals surface area contributed by atoms with Gasteiger partial charge in [0, 0.05) is 51.7 Å². The van der Waals surface area contributed by atoms with Gasteiger partial charge in [0.2, 0.25) is 5.91 Å². The second-order valence-corrected chi connectivity index (χ2v) is 7.85. The SMILES string of the molecule is CN=C(NCCC(=O)NCc1ccccc1)NC1CC(C)N(Cc2ccccc2)C1. The summed E-state index contributed by atoms with van der Waals surface area (Å²) in [6.07, 6.45) is 1.49. The molecular formula is C24H33N5O. The van der Waals surface area contributed by atoms with Crippen LogP contribution in [-0.4, -0.2) is 49.0 Å². The van der Waals surface area contributed by atoms with Crippen LogP contribution in [-0.2, 0) is 17.9 Å². The molecule has 0 aromatic heterocycles. The second kappa shape index (κ2) is 11.4. The van der Waals surface area contributed by atoms with Crippen molar-refractivity contribution in [3.63, 3.8) is 0 Å². The van der Waals surface area contributed by atoms with Crippen LogP contribution in [0.25, 0.3) is 0 Å². The summed E-state index contributed by atoms with van der Waals surface area (Å²) in [6, 6.07) is 21.4. The monoisotopic (exact) mass is 407 g/mol. The average Bonchev–Trinajstić information content (AvgIpc) is 3.11. The molecule has 0 bridgehead atoms. The van der Waals surface area contributed by atoms with E-state index < -0.39 is 0 Å². The van der Waals surface area contributed by atoms with Crippen molar-refractivity contribution < 1.29 is 4.79 Å². The van der Waals surface area contributed by atoms with Gasteiger partial charge in [-0.1, -0.05) is 60.7 Å². The fraction of sp³-hybridized carbons (Fsp3) is 0.417. The summed E-state index contributed by atoms with van der Waals surface area (Å²) in [5.41, 5.74) is 2.45. The highest BCUT2D eigenvalue weighted by Gasteiger charge is 2.29. The van der Waals surface area contributed by atoms with Gasteiger partial charge in [0.1, 0.15) is 0 Å². The average molecular weight is 408 g/mol. The topological polar surface area (TPSA) is 68.8 Å². The molecule has 2 atom stereocenters. The Bertz CT molecular complexity index is 809. The molecule has 1 aliphatic heterocycles. The minimum Gasteiger partial charge on any atom is -0.356 e. The second-order valence-electron chi connectivity index (χ2n) is 7.85. The lowest BCUT2D eigenvalue weighted by molar-refractivity contribution is -0.121. The molecule has 1 saturated heterocycles. The summed E-state index contributed by atoms with van der Waals surface area (Å²) in [6.45, 7) is 5.33. The van der Waals surface area contributed by atoms with Gasteiger partial charge in [-0.05, 0) is 24.5 Å². The minimum absolute atomic E-state index is 0.0327. The fourth-order valence-corrected chi connectivity index (χ4v) is 3.81. The smallest absolute Gasteiger partial charge is 0.222 e. The number of nitrogens with one attached hydrogen (secondary N) is 3. The van der Waals surface area contributed by atoms with Gasteiger partial charge in [-0.25, -0.2) is 0 Å². The van der Waals surface area contributed by atoms with E-state index in [1.165, 1.54) is 5.56 Å². The highest BCUT2D eigenvalue weighted by molar-refractivity contribution is 5.81. The van der Waals surface area contributed by atoms with E-state index in [0.717, 1.165) is 31.0 Å². The van der Waals surface area contributed by atoms with Crippen LogP contribution in [0, 0.1) is 0 Å². The summed E-state index contributed by atoms with van der Waals surface area (Å²) >= 11 is 0. The predicted octanol–water partition coefficient (Wildman–Crippen LogP) is 2.52. The van der Waals surface area contributed by atoms with E-state index in [1.54, 1.807) is 7.05 Å². The number of nitrogens with zero attached hydrogens (tertiary/aromatic N) is 2. The number of hydrogen-bond donors (Lipinski definition) is 3. The molecule has 160 valence electrons. The van der Waals surface area contributed by atoms with E-state index in [0.29, 0.717) is 31.6 Å². The van der Waals surface area contributed by atoms with E-state index in [-0.39, 0.29) is 5.91 Å². The molecule has 1 aliphatic rings. The van der Waals surface area contributed by atoms with Crippen molar-refractivity contribution in [2.24, 2.45) is 4.99 Å². The molecule has 6 heteroatoms. The number of guanidine groups is 1. The summed E-state index contributed by atoms with van der Waals surface area (Å²) in [5.74, 6) is 0.787. The van der Waals surface area contributed by atoms with E-state index in [9.17, 15) is 4.79 Å². The quantitative estimate of drug-likeness (QED) is 0.465. The molecule has 1 fully saturated rings. The summed E-state index contributed by atoms with van der Waals surface area (Å²) in [4.78, 5) is 18.9. The lowest BCUT2D eigenvalue weighted by Gasteiger charge is -2.21. The van der Waals surface area contributed by atoms with Gasteiger partial charge in [0.15, 0.2) is 5.96 Å². The van der Waals surface area contributed by atoms with Gasteiger partial charge in [0.25, 0.3) is 0 Å². The Morgan fingerprint density at radius 3 is 2.37 bits per heavy atom. The standard InChI is InChI=1S/C24H33N5O/c1-19-15-22(18-29(19)17-21-11-7-4-8-12-21)28-24(25-2)26-14-13-23(30)27-16-20-9-5-3-6-10-20/h3-12,19,22H,13-18H2,1-2H3,(H,27,30)(H2,25,26,28). The third kappa shape index (κ3) is 6.88. The first-order chi connectivity index (χ1) is 14.6. The predicted molar refractivity (Wildman–Crippen MR) is 122 cm³/mol. The van der Waals surface area contributed by atoms with Crippen LogP contribution in [0.4, 0.5) is 0 Å². The van der Waals surface area contributed by atoms with E-state index in [4.69, 9.17) is 0 Å². The first kappa shape index (κ1) is 21.8. The normalized spacial score (nSPS) is 19.5. The first-order valence-electron chi connectivity index (χ1n) is 10.7. The van der Waals surface area contributed by atoms with Crippen LogP contribution in [0.5, 0.6) is 0 Å². The van der Waals surface area contributed by atoms with E-state index >= 15 is 0 Å².